The van der Waals surface area contributed by atoms with Crippen molar-refractivity contribution in [3.8, 4) is 0 Å². The highest BCUT2D eigenvalue weighted by Crippen LogP contribution is 2.21. The molecule has 9 heteroatoms. The SMILES string of the molecule is O=C(COC(=O)CCSc1ccc(F)cc1)Nc1cccc2nsnc12. The first-order chi connectivity index (χ1) is 12.6. The Labute approximate surface area is 157 Å². The lowest BCUT2D eigenvalue weighted by molar-refractivity contribution is -0.146. The van der Waals surface area contributed by atoms with Crippen molar-refractivity contribution in [1.82, 2.24) is 8.75 Å². The monoisotopic (exact) mass is 391 g/mol. The molecule has 0 spiro atoms. The third-order valence-electron chi connectivity index (χ3n) is 3.31. The van der Waals surface area contributed by atoms with E-state index in [4.69, 9.17) is 4.74 Å². The number of anilines is 1. The lowest BCUT2D eigenvalue weighted by Gasteiger charge is -2.07. The van der Waals surface area contributed by atoms with Crippen molar-refractivity contribution in [3.63, 3.8) is 0 Å². The minimum absolute atomic E-state index is 0.154. The Hall–Kier alpha value is -2.52. The fourth-order valence-corrected chi connectivity index (χ4v) is 3.48. The summed E-state index contributed by atoms with van der Waals surface area (Å²) in [5, 5.41) is 2.66. The quantitative estimate of drug-likeness (QED) is 0.490. The van der Waals surface area contributed by atoms with Crippen LogP contribution in [-0.4, -0.2) is 33.0 Å². The largest absolute Gasteiger partial charge is 0.456 e. The van der Waals surface area contributed by atoms with Crippen LogP contribution >= 0.6 is 23.5 Å². The summed E-state index contributed by atoms with van der Waals surface area (Å²) < 4.78 is 26.0. The van der Waals surface area contributed by atoms with Crippen LogP contribution in [-0.2, 0) is 14.3 Å². The van der Waals surface area contributed by atoms with Crippen molar-refractivity contribution >= 4 is 52.1 Å². The zero-order valence-corrected chi connectivity index (χ0v) is 15.1. The highest BCUT2D eigenvalue weighted by molar-refractivity contribution is 7.99. The van der Waals surface area contributed by atoms with Crippen molar-refractivity contribution in [3.05, 3.63) is 48.3 Å². The number of halogens is 1. The van der Waals surface area contributed by atoms with Gasteiger partial charge in [-0.1, -0.05) is 6.07 Å². The predicted molar refractivity (Wildman–Crippen MR) is 98.7 cm³/mol. The Bertz CT molecular complexity index is 915. The molecule has 1 heterocycles. The van der Waals surface area contributed by atoms with Gasteiger partial charge < -0.3 is 10.1 Å². The second kappa shape index (κ2) is 8.72. The number of hydrogen-bond donors (Lipinski definition) is 1. The van der Waals surface area contributed by atoms with E-state index in [1.807, 2.05) is 0 Å². The van der Waals surface area contributed by atoms with Crippen LogP contribution in [0.2, 0.25) is 0 Å². The Kier molecular flexibility index (Phi) is 6.13. The molecule has 0 atom stereocenters. The molecule has 2 aromatic carbocycles. The van der Waals surface area contributed by atoms with E-state index in [-0.39, 0.29) is 18.8 Å². The van der Waals surface area contributed by atoms with E-state index in [2.05, 4.69) is 14.1 Å². The normalized spacial score (nSPS) is 10.7. The molecular weight excluding hydrogens is 377 g/mol. The van der Waals surface area contributed by atoms with Crippen molar-refractivity contribution < 1.29 is 18.7 Å². The van der Waals surface area contributed by atoms with E-state index in [0.717, 1.165) is 16.6 Å². The van der Waals surface area contributed by atoms with Crippen LogP contribution in [0.15, 0.2) is 47.4 Å². The van der Waals surface area contributed by atoms with Gasteiger partial charge in [0.2, 0.25) is 0 Å². The first-order valence-corrected chi connectivity index (χ1v) is 9.38. The van der Waals surface area contributed by atoms with Gasteiger partial charge >= 0.3 is 5.97 Å². The molecule has 26 heavy (non-hydrogen) atoms. The van der Waals surface area contributed by atoms with E-state index in [1.54, 1.807) is 30.3 Å². The van der Waals surface area contributed by atoms with Crippen LogP contribution in [0, 0.1) is 5.82 Å². The molecule has 6 nitrogen and oxygen atoms in total. The van der Waals surface area contributed by atoms with Gasteiger partial charge in [-0.2, -0.15) is 8.75 Å². The van der Waals surface area contributed by atoms with Crippen LogP contribution in [0.5, 0.6) is 0 Å². The number of aromatic nitrogens is 2. The summed E-state index contributed by atoms with van der Waals surface area (Å²) in [6.07, 6.45) is 0.154. The summed E-state index contributed by atoms with van der Waals surface area (Å²) in [6.45, 7) is -0.367. The number of nitrogens with zero attached hydrogens (tertiary/aromatic N) is 2. The fraction of sp³-hybridized carbons (Fsp3) is 0.176. The highest BCUT2D eigenvalue weighted by atomic mass is 32.2. The molecule has 0 saturated carbocycles. The van der Waals surface area contributed by atoms with Crippen LogP contribution in [0.4, 0.5) is 10.1 Å². The molecule has 3 aromatic rings. The van der Waals surface area contributed by atoms with Crippen LogP contribution in [0.25, 0.3) is 11.0 Å². The molecule has 0 radical (unpaired) electrons. The van der Waals surface area contributed by atoms with Crippen LogP contribution in [0.1, 0.15) is 6.42 Å². The van der Waals surface area contributed by atoms with Gasteiger partial charge in [0.25, 0.3) is 5.91 Å². The van der Waals surface area contributed by atoms with E-state index >= 15 is 0 Å². The summed E-state index contributed by atoms with van der Waals surface area (Å²) in [6, 6.07) is 11.3. The van der Waals surface area contributed by atoms with Gasteiger partial charge in [-0.15, -0.1) is 11.8 Å². The Morgan fingerprint density at radius 3 is 2.77 bits per heavy atom. The number of rotatable bonds is 7. The average molecular weight is 391 g/mol. The first-order valence-electron chi connectivity index (χ1n) is 7.67. The van der Waals surface area contributed by atoms with Gasteiger partial charge in [0.05, 0.1) is 23.8 Å². The number of hydrogen-bond acceptors (Lipinski definition) is 7. The molecule has 1 aromatic heterocycles. The Morgan fingerprint density at radius 2 is 1.96 bits per heavy atom. The number of benzene rings is 2. The van der Waals surface area contributed by atoms with Gasteiger partial charge in [0.1, 0.15) is 16.9 Å². The van der Waals surface area contributed by atoms with Crippen LogP contribution in [0.3, 0.4) is 0 Å². The summed E-state index contributed by atoms with van der Waals surface area (Å²) in [7, 11) is 0. The molecule has 0 aliphatic rings. The zero-order valence-electron chi connectivity index (χ0n) is 13.5. The Balaban J connectivity index is 1.40. The fourth-order valence-electron chi connectivity index (χ4n) is 2.09. The molecule has 0 unspecified atom stereocenters. The molecule has 0 aliphatic carbocycles. The highest BCUT2D eigenvalue weighted by Gasteiger charge is 2.11. The first kappa shape index (κ1) is 18.3. The van der Waals surface area contributed by atoms with Crippen molar-refractivity contribution in [2.45, 2.75) is 11.3 Å². The molecule has 0 fully saturated rings. The summed E-state index contributed by atoms with van der Waals surface area (Å²) in [5.41, 5.74) is 1.83. The number of amides is 1. The molecule has 0 bridgehead atoms. The summed E-state index contributed by atoms with van der Waals surface area (Å²) in [5.74, 6) is -0.729. The second-order valence-electron chi connectivity index (χ2n) is 5.20. The second-order valence-corrected chi connectivity index (χ2v) is 6.90. The number of ether oxygens (including phenoxy) is 1. The van der Waals surface area contributed by atoms with E-state index in [0.29, 0.717) is 22.5 Å². The number of nitrogens with one attached hydrogen (secondary N) is 1. The van der Waals surface area contributed by atoms with E-state index in [1.165, 1.54) is 23.9 Å². The van der Waals surface area contributed by atoms with Gasteiger partial charge in [-0.25, -0.2) is 4.39 Å². The minimum atomic E-state index is -0.469. The standard InChI is InChI=1S/C17H14FN3O3S2/c18-11-4-6-12(7-5-11)25-9-8-16(23)24-10-15(22)19-13-2-1-3-14-17(13)21-26-20-14/h1-7H,8-10H2,(H,19,22). The third-order valence-corrected chi connectivity index (χ3v) is 4.87. The molecule has 134 valence electrons. The average Bonchev–Trinajstić information content (AvgIpc) is 3.11. The minimum Gasteiger partial charge on any atom is -0.456 e. The molecule has 1 N–H and O–H groups in total. The predicted octanol–water partition coefficient (Wildman–Crippen LogP) is 3.49. The number of carbonyl (C=O) groups excluding carboxylic acids is 2. The number of fused-ring (bicyclic) bond motifs is 1. The van der Waals surface area contributed by atoms with Gasteiger partial charge in [-0.3, -0.25) is 9.59 Å². The number of thioether (sulfide) groups is 1. The van der Waals surface area contributed by atoms with Crippen LogP contribution < -0.4 is 5.32 Å². The van der Waals surface area contributed by atoms with Gasteiger partial charge in [0.15, 0.2) is 6.61 Å². The maximum atomic E-state index is 12.8. The molecule has 3 rings (SSSR count). The molecule has 1 amide bonds. The summed E-state index contributed by atoms with van der Waals surface area (Å²) >= 11 is 2.48. The lowest BCUT2D eigenvalue weighted by atomic mass is 10.2. The van der Waals surface area contributed by atoms with Crippen molar-refractivity contribution in [1.29, 1.82) is 0 Å². The topological polar surface area (TPSA) is 81.2 Å². The van der Waals surface area contributed by atoms with E-state index < -0.39 is 11.9 Å². The van der Waals surface area contributed by atoms with Gasteiger partial charge in [0, 0.05) is 10.6 Å². The molecule has 0 aliphatic heterocycles. The summed E-state index contributed by atoms with van der Waals surface area (Å²) in [4.78, 5) is 24.5. The molecular formula is C17H14FN3O3S2. The number of carbonyl (C=O) groups is 2. The third kappa shape index (κ3) is 4.99. The maximum Gasteiger partial charge on any atom is 0.307 e. The molecule has 0 saturated heterocycles. The zero-order chi connectivity index (χ0) is 18.4. The number of esters is 1. The van der Waals surface area contributed by atoms with Gasteiger partial charge in [-0.05, 0) is 36.4 Å². The Morgan fingerprint density at radius 1 is 1.15 bits per heavy atom. The van der Waals surface area contributed by atoms with E-state index in [9.17, 15) is 14.0 Å². The lowest BCUT2D eigenvalue weighted by Crippen LogP contribution is -2.21. The maximum absolute atomic E-state index is 12.8. The van der Waals surface area contributed by atoms with Crippen molar-refractivity contribution in [2.24, 2.45) is 0 Å². The van der Waals surface area contributed by atoms with Crippen molar-refractivity contribution in [2.75, 3.05) is 17.7 Å². The smallest absolute Gasteiger partial charge is 0.307 e.